The molecule has 0 aliphatic carbocycles. The Hall–Kier alpha value is -1.59. The third-order valence-corrected chi connectivity index (χ3v) is 2.90. The summed E-state index contributed by atoms with van der Waals surface area (Å²) in [6.45, 7) is 8.11. The molecule has 0 spiro atoms. The first kappa shape index (κ1) is 16.5. The molecule has 0 aromatic heterocycles. The predicted octanol–water partition coefficient (Wildman–Crippen LogP) is 2.26. The number of nitrogens with zero attached hydrogens (tertiary/aromatic N) is 1. The Balaban J connectivity index is 2.66. The maximum atomic E-state index is 10.9. The highest BCUT2D eigenvalue weighted by molar-refractivity contribution is 5.88. The lowest BCUT2D eigenvalue weighted by Crippen LogP contribution is -2.31. The number of anilines is 1. The maximum absolute atomic E-state index is 10.9. The Bertz CT molecular complexity index is 381. The van der Waals surface area contributed by atoms with Crippen LogP contribution in [0.5, 0.6) is 0 Å². The monoisotopic (exact) mass is 281 g/mol. The van der Waals surface area contributed by atoms with Gasteiger partial charge in [0, 0.05) is 32.0 Å². The summed E-state index contributed by atoms with van der Waals surface area (Å²) in [5, 5.41) is 8.91. The van der Waals surface area contributed by atoms with E-state index in [1.165, 1.54) is 0 Å². The van der Waals surface area contributed by atoms with Crippen molar-refractivity contribution < 1.29 is 19.4 Å². The fraction of sp³-hybridized carbons (Fsp3) is 0.533. The van der Waals surface area contributed by atoms with E-state index in [0.717, 1.165) is 18.8 Å². The fourth-order valence-electron chi connectivity index (χ4n) is 1.82. The van der Waals surface area contributed by atoms with Crippen molar-refractivity contribution in [2.45, 2.75) is 13.8 Å². The Labute approximate surface area is 120 Å². The van der Waals surface area contributed by atoms with Gasteiger partial charge in [-0.2, -0.15) is 0 Å². The number of ether oxygens (including phenoxy) is 2. The first-order chi connectivity index (χ1) is 9.69. The summed E-state index contributed by atoms with van der Waals surface area (Å²) in [6, 6.07) is 6.88. The normalized spacial score (nSPS) is 10.5. The first-order valence-electron chi connectivity index (χ1n) is 6.92. The SMILES string of the molecule is CCOCCN(CCOCC)c1ccc(C(=O)O)cc1. The lowest BCUT2D eigenvalue weighted by molar-refractivity contribution is 0.0697. The third-order valence-electron chi connectivity index (χ3n) is 2.90. The van der Waals surface area contributed by atoms with E-state index in [4.69, 9.17) is 14.6 Å². The van der Waals surface area contributed by atoms with Gasteiger partial charge in [0.15, 0.2) is 0 Å². The standard InChI is InChI=1S/C15H23NO4/c1-3-19-11-9-16(10-12-20-4-2)14-7-5-13(6-8-14)15(17)18/h5-8H,3-4,9-12H2,1-2H3,(H,17,18). The quantitative estimate of drug-likeness (QED) is 0.667. The number of rotatable bonds is 10. The molecular formula is C15H23NO4. The second kappa shape index (κ2) is 9.34. The van der Waals surface area contributed by atoms with Crippen LogP contribution in [0.15, 0.2) is 24.3 Å². The van der Waals surface area contributed by atoms with E-state index in [1.807, 2.05) is 26.0 Å². The molecule has 0 heterocycles. The van der Waals surface area contributed by atoms with Gasteiger partial charge < -0.3 is 19.5 Å². The molecule has 0 saturated heterocycles. The van der Waals surface area contributed by atoms with Crippen molar-refractivity contribution in [3.63, 3.8) is 0 Å². The summed E-state index contributed by atoms with van der Waals surface area (Å²) in [5.74, 6) is -0.910. The molecule has 0 bridgehead atoms. The summed E-state index contributed by atoms with van der Waals surface area (Å²) < 4.78 is 10.8. The highest BCUT2D eigenvalue weighted by atomic mass is 16.5. The summed E-state index contributed by atoms with van der Waals surface area (Å²) in [4.78, 5) is 13.0. The number of carboxylic acids is 1. The minimum Gasteiger partial charge on any atom is -0.478 e. The van der Waals surface area contributed by atoms with Crippen molar-refractivity contribution in [2.24, 2.45) is 0 Å². The second-order valence-corrected chi connectivity index (χ2v) is 4.23. The number of carboxylic acid groups (broad SMARTS) is 1. The van der Waals surface area contributed by atoms with Crippen LogP contribution >= 0.6 is 0 Å². The number of hydrogen-bond donors (Lipinski definition) is 1. The van der Waals surface area contributed by atoms with Crippen molar-refractivity contribution in [1.29, 1.82) is 0 Å². The molecule has 0 atom stereocenters. The van der Waals surface area contributed by atoms with E-state index >= 15 is 0 Å². The Morgan fingerprint density at radius 1 is 1.05 bits per heavy atom. The van der Waals surface area contributed by atoms with Crippen LogP contribution in [0.3, 0.4) is 0 Å². The number of hydrogen-bond acceptors (Lipinski definition) is 4. The van der Waals surface area contributed by atoms with Gasteiger partial charge in [0.05, 0.1) is 18.8 Å². The van der Waals surface area contributed by atoms with Crippen molar-refractivity contribution in [3.8, 4) is 0 Å². The maximum Gasteiger partial charge on any atom is 0.335 e. The van der Waals surface area contributed by atoms with Crippen LogP contribution in [0.25, 0.3) is 0 Å². The lowest BCUT2D eigenvalue weighted by atomic mass is 10.2. The van der Waals surface area contributed by atoms with Gasteiger partial charge in [-0.15, -0.1) is 0 Å². The number of carbonyl (C=O) groups is 1. The molecule has 1 rings (SSSR count). The van der Waals surface area contributed by atoms with Crippen LogP contribution in [0.1, 0.15) is 24.2 Å². The van der Waals surface area contributed by atoms with E-state index in [-0.39, 0.29) is 0 Å². The van der Waals surface area contributed by atoms with Gasteiger partial charge in [-0.3, -0.25) is 0 Å². The van der Waals surface area contributed by atoms with E-state index in [0.29, 0.717) is 32.0 Å². The summed E-state index contributed by atoms with van der Waals surface area (Å²) in [7, 11) is 0. The zero-order chi connectivity index (χ0) is 14.8. The van der Waals surface area contributed by atoms with Crippen LogP contribution < -0.4 is 4.90 Å². The molecule has 0 fully saturated rings. The van der Waals surface area contributed by atoms with Crippen LogP contribution in [-0.2, 0) is 9.47 Å². The van der Waals surface area contributed by atoms with Crippen LogP contribution in [0.2, 0.25) is 0 Å². The van der Waals surface area contributed by atoms with Gasteiger partial charge >= 0.3 is 5.97 Å². The van der Waals surface area contributed by atoms with Gasteiger partial charge in [-0.1, -0.05) is 0 Å². The second-order valence-electron chi connectivity index (χ2n) is 4.23. The number of aromatic carboxylic acids is 1. The van der Waals surface area contributed by atoms with E-state index in [2.05, 4.69) is 4.90 Å². The third kappa shape index (κ3) is 5.59. The Morgan fingerprint density at radius 2 is 1.55 bits per heavy atom. The van der Waals surface area contributed by atoms with Gasteiger partial charge in [0.2, 0.25) is 0 Å². The zero-order valence-corrected chi connectivity index (χ0v) is 12.2. The number of benzene rings is 1. The van der Waals surface area contributed by atoms with Gasteiger partial charge in [0.1, 0.15) is 0 Å². The lowest BCUT2D eigenvalue weighted by Gasteiger charge is -2.24. The van der Waals surface area contributed by atoms with Crippen molar-refractivity contribution in [3.05, 3.63) is 29.8 Å². The highest BCUT2D eigenvalue weighted by Crippen LogP contribution is 2.15. The summed E-state index contributed by atoms with van der Waals surface area (Å²) in [6.07, 6.45) is 0. The molecule has 0 saturated carbocycles. The first-order valence-corrected chi connectivity index (χ1v) is 6.92. The van der Waals surface area contributed by atoms with E-state index < -0.39 is 5.97 Å². The topological polar surface area (TPSA) is 59.0 Å². The Morgan fingerprint density at radius 3 is 1.95 bits per heavy atom. The molecule has 112 valence electrons. The van der Waals surface area contributed by atoms with E-state index in [1.54, 1.807) is 12.1 Å². The molecule has 0 aliphatic heterocycles. The fourth-order valence-corrected chi connectivity index (χ4v) is 1.82. The van der Waals surface area contributed by atoms with Crippen LogP contribution in [0, 0.1) is 0 Å². The van der Waals surface area contributed by atoms with E-state index in [9.17, 15) is 4.79 Å². The average molecular weight is 281 g/mol. The molecule has 0 radical (unpaired) electrons. The molecule has 0 unspecified atom stereocenters. The van der Waals surface area contributed by atoms with Gasteiger partial charge in [0.25, 0.3) is 0 Å². The minimum absolute atomic E-state index is 0.295. The average Bonchev–Trinajstić information content (AvgIpc) is 2.46. The molecule has 1 N–H and O–H groups in total. The molecule has 1 aromatic carbocycles. The molecule has 20 heavy (non-hydrogen) atoms. The molecule has 0 aliphatic rings. The van der Waals surface area contributed by atoms with Crippen molar-refractivity contribution in [1.82, 2.24) is 0 Å². The van der Waals surface area contributed by atoms with Crippen molar-refractivity contribution >= 4 is 11.7 Å². The Kier molecular flexibility index (Phi) is 7.69. The van der Waals surface area contributed by atoms with Gasteiger partial charge in [-0.25, -0.2) is 4.79 Å². The zero-order valence-electron chi connectivity index (χ0n) is 12.2. The predicted molar refractivity (Wildman–Crippen MR) is 78.6 cm³/mol. The molecule has 5 heteroatoms. The molecule has 5 nitrogen and oxygen atoms in total. The largest absolute Gasteiger partial charge is 0.478 e. The summed E-state index contributed by atoms with van der Waals surface area (Å²) in [5.41, 5.74) is 1.28. The minimum atomic E-state index is -0.910. The molecule has 0 amide bonds. The summed E-state index contributed by atoms with van der Waals surface area (Å²) >= 11 is 0. The smallest absolute Gasteiger partial charge is 0.335 e. The van der Waals surface area contributed by atoms with Gasteiger partial charge in [-0.05, 0) is 38.1 Å². The van der Waals surface area contributed by atoms with Crippen molar-refractivity contribution in [2.75, 3.05) is 44.4 Å². The highest BCUT2D eigenvalue weighted by Gasteiger charge is 2.08. The molecular weight excluding hydrogens is 258 g/mol. The molecule has 1 aromatic rings. The van der Waals surface area contributed by atoms with Crippen LogP contribution in [-0.4, -0.2) is 50.6 Å². The van der Waals surface area contributed by atoms with Crippen LogP contribution in [0.4, 0.5) is 5.69 Å².